The van der Waals surface area contributed by atoms with Crippen molar-refractivity contribution in [2.45, 2.75) is 46.1 Å². The van der Waals surface area contributed by atoms with Crippen LogP contribution >= 0.6 is 11.6 Å². The van der Waals surface area contributed by atoms with Crippen LogP contribution < -0.4 is 5.32 Å². The Balaban J connectivity index is 2.44. The Bertz CT molecular complexity index is 446. The minimum atomic E-state index is -0.149. The maximum absolute atomic E-state index is 11.9. The lowest BCUT2D eigenvalue weighted by molar-refractivity contribution is -0.122. The maximum atomic E-state index is 11.9. The minimum Gasteiger partial charge on any atom is -0.394 e. The summed E-state index contributed by atoms with van der Waals surface area (Å²) >= 11 is 6.06. The summed E-state index contributed by atoms with van der Waals surface area (Å²) in [6, 6.07) is 5.71. The molecule has 0 aliphatic carbocycles. The average molecular weight is 298 g/mol. The summed E-state index contributed by atoms with van der Waals surface area (Å²) in [5.41, 5.74) is 2.09. The van der Waals surface area contributed by atoms with Crippen LogP contribution in [0.1, 0.15) is 37.8 Å². The highest BCUT2D eigenvalue weighted by Gasteiger charge is 2.13. The second kappa shape index (κ2) is 8.28. The third kappa shape index (κ3) is 5.93. The molecule has 2 N–H and O–H groups in total. The van der Waals surface area contributed by atoms with Crippen LogP contribution in [-0.2, 0) is 11.2 Å². The lowest BCUT2D eigenvalue weighted by Gasteiger charge is -2.18. The van der Waals surface area contributed by atoms with Crippen molar-refractivity contribution in [3.63, 3.8) is 0 Å². The van der Waals surface area contributed by atoms with E-state index in [1.165, 1.54) is 0 Å². The smallest absolute Gasteiger partial charge is 0.220 e. The van der Waals surface area contributed by atoms with Gasteiger partial charge >= 0.3 is 0 Å². The lowest BCUT2D eigenvalue weighted by atomic mass is 10.0. The van der Waals surface area contributed by atoms with E-state index in [-0.39, 0.29) is 18.6 Å². The van der Waals surface area contributed by atoms with Crippen molar-refractivity contribution in [1.82, 2.24) is 5.32 Å². The molecule has 0 radical (unpaired) electrons. The van der Waals surface area contributed by atoms with Crippen LogP contribution in [0.4, 0.5) is 0 Å². The molecule has 1 unspecified atom stereocenters. The molecule has 0 heterocycles. The van der Waals surface area contributed by atoms with Crippen LogP contribution in [0.2, 0.25) is 5.02 Å². The van der Waals surface area contributed by atoms with E-state index in [1.54, 1.807) is 0 Å². The van der Waals surface area contributed by atoms with Crippen molar-refractivity contribution in [2.24, 2.45) is 5.92 Å². The van der Waals surface area contributed by atoms with Crippen LogP contribution in [0.3, 0.4) is 0 Å². The van der Waals surface area contributed by atoms with E-state index in [2.05, 4.69) is 19.2 Å². The highest BCUT2D eigenvalue weighted by Crippen LogP contribution is 2.17. The number of hydrogen-bond donors (Lipinski definition) is 2. The molecule has 1 rings (SSSR count). The first-order valence-electron chi connectivity index (χ1n) is 7.07. The van der Waals surface area contributed by atoms with E-state index in [9.17, 15) is 9.90 Å². The highest BCUT2D eigenvalue weighted by atomic mass is 35.5. The summed E-state index contributed by atoms with van der Waals surface area (Å²) in [5.74, 6) is 0.421. The summed E-state index contributed by atoms with van der Waals surface area (Å²) in [7, 11) is 0. The monoisotopic (exact) mass is 297 g/mol. The molecule has 1 aromatic carbocycles. The summed E-state index contributed by atoms with van der Waals surface area (Å²) in [5, 5.41) is 12.8. The number of rotatable bonds is 7. The first-order chi connectivity index (χ1) is 9.42. The molecule has 0 saturated heterocycles. The van der Waals surface area contributed by atoms with E-state index in [4.69, 9.17) is 11.6 Å². The van der Waals surface area contributed by atoms with Crippen LogP contribution in [0.25, 0.3) is 0 Å². The molecule has 4 heteroatoms. The van der Waals surface area contributed by atoms with E-state index in [1.807, 2.05) is 25.1 Å². The van der Waals surface area contributed by atoms with Gasteiger partial charge in [-0.3, -0.25) is 4.79 Å². The summed E-state index contributed by atoms with van der Waals surface area (Å²) in [6.07, 6.45) is 1.86. The second-order valence-corrected chi connectivity index (χ2v) is 6.07. The Morgan fingerprint density at radius 2 is 2.10 bits per heavy atom. The Labute approximate surface area is 126 Å². The molecule has 0 aliphatic rings. The Morgan fingerprint density at radius 3 is 2.65 bits per heavy atom. The molecule has 0 saturated carbocycles. The number of carbonyl (C=O) groups excluding carboxylic acids is 1. The average Bonchev–Trinajstić information content (AvgIpc) is 2.39. The summed E-state index contributed by atoms with van der Waals surface area (Å²) in [4.78, 5) is 11.9. The standard InChI is InChI=1S/C16H24ClNO2/c1-11(2)8-14(10-19)18-16(20)7-6-13-5-4-12(3)15(17)9-13/h4-5,9,11,14,19H,6-8,10H2,1-3H3,(H,18,20). The maximum Gasteiger partial charge on any atom is 0.220 e. The third-order valence-corrected chi connectivity index (χ3v) is 3.63. The van der Waals surface area contributed by atoms with E-state index >= 15 is 0 Å². The molecule has 112 valence electrons. The topological polar surface area (TPSA) is 49.3 Å². The van der Waals surface area contributed by atoms with Crippen molar-refractivity contribution >= 4 is 17.5 Å². The van der Waals surface area contributed by atoms with E-state index in [0.29, 0.717) is 18.8 Å². The molecule has 0 spiro atoms. The number of aliphatic hydroxyl groups is 1. The van der Waals surface area contributed by atoms with Gasteiger partial charge in [-0.2, -0.15) is 0 Å². The number of aliphatic hydroxyl groups excluding tert-OH is 1. The van der Waals surface area contributed by atoms with Gasteiger partial charge in [0.1, 0.15) is 0 Å². The van der Waals surface area contributed by atoms with Crippen LogP contribution in [-0.4, -0.2) is 23.7 Å². The fourth-order valence-electron chi connectivity index (χ4n) is 2.10. The summed E-state index contributed by atoms with van der Waals surface area (Å²) in [6.45, 7) is 6.09. The minimum absolute atomic E-state index is 0.0136. The SMILES string of the molecule is Cc1ccc(CCC(=O)NC(CO)CC(C)C)cc1Cl. The van der Waals surface area contributed by atoms with Crippen LogP contribution in [0.15, 0.2) is 18.2 Å². The first kappa shape index (κ1) is 17.0. The molecule has 0 aromatic heterocycles. The zero-order chi connectivity index (χ0) is 15.1. The number of amides is 1. The van der Waals surface area contributed by atoms with Crippen molar-refractivity contribution in [1.29, 1.82) is 0 Å². The van der Waals surface area contributed by atoms with Gasteiger partial charge < -0.3 is 10.4 Å². The summed E-state index contributed by atoms with van der Waals surface area (Å²) < 4.78 is 0. The molecule has 1 aromatic rings. The fraction of sp³-hybridized carbons (Fsp3) is 0.562. The zero-order valence-corrected chi connectivity index (χ0v) is 13.2. The predicted octanol–water partition coefficient (Wildman–Crippen LogP) is 3.10. The molecule has 0 aliphatic heterocycles. The molecule has 0 fully saturated rings. The number of halogens is 1. The normalized spacial score (nSPS) is 12.5. The van der Waals surface area contributed by atoms with Gasteiger partial charge in [0.05, 0.1) is 12.6 Å². The number of nitrogens with one attached hydrogen (secondary N) is 1. The zero-order valence-electron chi connectivity index (χ0n) is 12.4. The van der Waals surface area contributed by atoms with Crippen molar-refractivity contribution in [2.75, 3.05) is 6.61 Å². The second-order valence-electron chi connectivity index (χ2n) is 5.66. The number of hydrogen-bond acceptors (Lipinski definition) is 2. The first-order valence-corrected chi connectivity index (χ1v) is 7.45. The van der Waals surface area contributed by atoms with Gasteiger partial charge in [0.2, 0.25) is 5.91 Å². The Kier molecular flexibility index (Phi) is 7.03. The van der Waals surface area contributed by atoms with Crippen molar-refractivity contribution in [3.05, 3.63) is 34.3 Å². The van der Waals surface area contributed by atoms with Crippen molar-refractivity contribution < 1.29 is 9.90 Å². The Hall–Kier alpha value is -1.06. The van der Waals surface area contributed by atoms with Crippen LogP contribution in [0.5, 0.6) is 0 Å². The quantitative estimate of drug-likeness (QED) is 0.812. The molecule has 1 atom stereocenters. The lowest BCUT2D eigenvalue weighted by Crippen LogP contribution is -2.38. The number of carbonyl (C=O) groups is 1. The number of benzene rings is 1. The van der Waals surface area contributed by atoms with Gasteiger partial charge in [0.15, 0.2) is 0 Å². The third-order valence-electron chi connectivity index (χ3n) is 3.22. The number of aryl methyl sites for hydroxylation is 2. The molecular weight excluding hydrogens is 274 g/mol. The van der Waals surface area contributed by atoms with Gasteiger partial charge in [-0.15, -0.1) is 0 Å². The molecule has 1 amide bonds. The van der Waals surface area contributed by atoms with Crippen LogP contribution in [0, 0.1) is 12.8 Å². The Morgan fingerprint density at radius 1 is 1.40 bits per heavy atom. The fourth-order valence-corrected chi connectivity index (χ4v) is 2.30. The molecule has 20 heavy (non-hydrogen) atoms. The molecule has 0 bridgehead atoms. The predicted molar refractivity (Wildman–Crippen MR) is 83.0 cm³/mol. The largest absolute Gasteiger partial charge is 0.394 e. The van der Waals surface area contributed by atoms with Gasteiger partial charge in [-0.05, 0) is 42.9 Å². The van der Waals surface area contributed by atoms with E-state index in [0.717, 1.165) is 22.6 Å². The molecular formula is C16H24ClNO2. The van der Waals surface area contributed by atoms with Gasteiger partial charge in [0.25, 0.3) is 0 Å². The van der Waals surface area contributed by atoms with E-state index < -0.39 is 0 Å². The molecule has 3 nitrogen and oxygen atoms in total. The van der Waals surface area contributed by atoms with Gasteiger partial charge in [-0.25, -0.2) is 0 Å². The highest BCUT2D eigenvalue weighted by molar-refractivity contribution is 6.31. The van der Waals surface area contributed by atoms with Crippen molar-refractivity contribution in [3.8, 4) is 0 Å². The van der Waals surface area contributed by atoms with Gasteiger partial charge in [-0.1, -0.05) is 37.6 Å². The van der Waals surface area contributed by atoms with Gasteiger partial charge in [0, 0.05) is 11.4 Å².